The number of carbonyl (C=O) groups excluding carboxylic acids is 2. The highest BCUT2D eigenvalue weighted by atomic mass is 16.3. The normalized spacial score (nSPS) is 22.9. The molecule has 2 aliphatic rings. The highest BCUT2D eigenvalue weighted by Gasteiger charge is 2.31. The Kier molecular flexibility index (Phi) is 4.96. The Hall–Kier alpha value is -1.88. The maximum absolute atomic E-state index is 12.3. The van der Waals surface area contributed by atoms with Gasteiger partial charge < -0.3 is 15.3 Å². The van der Waals surface area contributed by atoms with Gasteiger partial charge in [-0.15, -0.1) is 0 Å². The lowest BCUT2D eigenvalue weighted by Gasteiger charge is -2.18. The molecular formula is C18H24N2O3. The summed E-state index contributed by atoms with van der Waals surface area (Å²) in [4.78, 5) is 26.1. The van der Waals surface area contributed by atoms with E-state index in [4.69, 9.17) is 0 Å². The van der Waals surface area contributed by atoms with Crippen molar-refractivity contribution in [2.75, 3.05) is 18.0 Å². The number of aliphatic hydroxyl groups excluding tert-OH is 1. The van der Waals surface area contributed by atoms with E-state index in [0.717, 1.165) is 31.5 Å². The SMILES string of the molecule is O=C(NCCCC(=O)N1CCc2ccccc21)C1CCCC1O. The molecule has 1 saturated carbocycles. The molecule has 1 aromatic rings. The second kappa shape index (κ2) is 7.13. The second-order valence-corrected chi connectivity index (χ2v) is 6.42. The third-order valence-corrected chi connectivity index (χ3v) is 4.87. The van der Waals surface area contributed by atoms with E-state index in [1.165, 1.54) is 5.56 Å². The van der Waals surface area contributed by atoms with Crippen molar-refractivity contribution in [3.63, 3.8) is 0 Å². The highest BCUT2D eigenvalue weighted by Crippen LogP contribution is 2.28. The average Bonchev–Trinajstić information content (AvgIpc) is 3.17. The van der Waals surface area contributed by atoms with E-state index in [0.29, 0.717) is 25.8 Å². The smallest absolute Gasteiger partial charge is 0.227 e. The minimum atomic E-state index is -0.502. The van der Waals surface area contributed by atoms with Gasteiger partial charge in [0.2, 0.25) is 11.8 Å². The molecule has 1 aliphatic carbocycles. The standard InChI is InChI=1S/C18H24N2O3/c21-16-8-3-6-14(16)18(23)19-11-4-9-17(22)20-12-10-13-5-1-2-7-15(13)20/h1-2,5,7,14,16,21H,3-4,6,8-12H2,(H,19,23). The fourth-order valence-corrected chi connectivity index (χ4v) is 3.56. The number of hydrogen-bond donors (Lipinski definition) is 2. The van der Waals surface area contributed by atoms with Crippen molar-refractivity contribution in [1.82, 2.24) is 5.32 Å². The number of benzene rings is 1. The van der Waals surface area contributed by atoms with E-state index in [1.54, 1.807) is 0 Å². The lowest BCUT2D eigenvalue weighted by molar-refractivity contribution is -0.127. The molecule has 3 rings (SSSR count). The Bertz CT molecular complexity index is 587. The molecule has 23 heavy (non-hydrogen) atoms. The van der Waals surface area contributed by atoms with E-state index in [9.17, 15) is 14.7 Å². The molecule has 0 spiro atoms. The van der Waals surface area contributed by atoms with Gasteiger partial charge in [0, 0.05) is 25.2 Å². The molecule has 1 aliphatic heterocycles. The van der Waals surface area contributed by atoms with Crippen molar-refractivity contribution >= 4 is 17.5 Å². The number of fused-ring (bicyclic) bond motifs is 1. The first-order valence-corrected chi connectivity index (χ1v) is 8.51. The number of aliphatic hydroxyl groups is 1. The Morgan fingerprint density at radius 3 is 2.87 bits per heavy atom. The molecule has 0 saturated heterocycles. The minimum Gasteiger partial charge on any atom is -0.392 e. The minimum absolute atomic E-state index is 0.0750. The first kappa shape index (κ1) is 16.0. The zero-order valence-corrected chi connectivity index (χ0v) is 13.3. The van der Waals surface area contributed by atoms with Gasteiger partial charge in [0.1, 0.15) is 0 Å². The molecule has 1 aromatic carbocycles. The molecule has 1 fully saturated rings. The predicted octanol–water partition coefficient (Wildman–Crippen LogP) is 1.63. The fourth-order valence-electron chi connectivity index (χ4n) is 3.56. The monoisotopic (exact) mass is 316 g/mol. The van der Waals surface area contributed by atoms with Crippen LogP contribution in [0.3, 0.4) is 0 Å². The highest BCUT2D eigenvalue weighted by molar-refractivity contribution is 5.95. The number of hydrogen-bond acceptors (Lipinski definition) is 3. The quantitative estimate of drug-likeness (QED) is 0.811. The van der Waals surface area contributed by atoms with Crippen LogP contribution in [-0.2, 0) is 16.0 Å². The van der Waals surface area contributed by atoms with E-state index < -0.39 is 6.10 Å². The van der Waals surface area contributed by atoms with Crippen LogP contribution in [-0.4, -0.2) is 36.1 Å². The van der Waals surface area contributed by atoms with Crippen LogP contribution in [0, 0.1) is 5.92 Å². The van der Waals surface area contributed by atoms with Crippen molar-refractivity contribution in [1.29, 1.82) is 0 Å². The second-order valence-electron chi connectivity index (χ2n) is 6.42. The number of nitrogens with one attached hydrogen (secondary N) is 1. The number of anilines is 1. The van der Waals surface area contributed by atoms with Crippen molar-refractivity contribution < 1.29 is 14.7 Å². The first-order valence-electron chi connectivity index (χ1n) is 8.51. The third kappa shape index (κ3) is 3.55. The molecule has 1 heterocycles. The summed E-state index contributed by atoms with van der Waals surface area (Å²) in [6.45, 7) is 1.24. The van der Waals surface area contributed by atoms with Crippen molar-refractivity contribution in [3.05, 3.63) is 29.8 Å². The first-order chi connectivity index (χ1) is 11.2. The molecule has 124 valence electrons. The summed E-state index contributed by atoms with van der Waals surface area (Å²) < 4.78 is 0. The number of carbonyl (C=O) groups is 2. The fraction of sp³-hybridized carbons (Fsp3) is 0.556. The Morgan fingerprint density at radius 1 is 1.26 bits per heavy atom. The molecule has 2 amide bonds. The largest absolute Gasteiger partial charge is 0.392 e. The predicted molar refractivity (Wildman–Crippen MR) is 88.1 cm³/mol. The summed E-state index contributed by atoms with van der Waals surface area (Å²) in [6.07, 6.45) is 3.86. The number of nitrogens with zero attached hydrogens (tertiary/aromatic N) is 1. The van der Waals surface area contributed by atoms with E-state index in [1.807, 2.05) is 23.1 Å². The van der Waals surface area contributed by atoms with Gasteiger partial charge in [-0.1, -0.05) is 18.2 Å². The van der Waals surface area contributed by atoms with Crippen LogP contribution in [0.1, 0.15) is 37.7 Å². The Balaban J connectivity index is 1.41. The lowest BCUT2D eigenvalue weighted by atomic mass is 10.1. The van der Waals surface area contributed by atoms with Gasteiger partial charge in [0.25, 0.3) is 0 Å². The van der Waals surface area contributed by atoms with Crippen molar-refractivity contribution in [2.24, 2.45) is 5.92 Å². The Labute approximate surface area is 136 Å². The van der Waals surface area contributed by atoms with Crippen LogP contribution >= 0.6 is 0 Å². The maximum atomic E-state index is 12.3. The van der Waals surface area contributed by atoms with Crippen LogP contribution < -0.4 is 10.2 Å². The Morgan fingerprint density at radius 2 is 2.09 bits per heavy atom. The molecule has 0 bridgehead atoms. The number of para-hydroxylation sites is 1. The average molecular weight is 316 g/mol. The van der Waals surface area contributed by atoms with Crippen molar-refractivity contribution in [3.8, 4) is 0 Å². The molecule has 5 nitrogen and oxygen atoms in total. The molecule has 2 N–H and O–H groups in total. The van der Waals surface area contributed by atoms with Crippen LogP contribution in [0.15, 0.2) is 24.3 Å². The molecule has 2 unspecified atom stereocenters. The summed E-state index contributed by atoms with van der Waals surface area (Å²) >= 11 is 0. The summed E-state index contributed by atoms with van der Waals surface area (Å²) in [5.74, 6) is -0.227. The van der Waals surface area contributed by atoms with Gasteiger partial charge in [-0.25, -0.2) is 0 Å². The topological polar surface area (TPSA) is 69.6 Å². The maximum Gasteiger partial charge on any atom is 0.227 e. The van der Waals surface area contributed by atoms with E-state index in [-0.39, 0.29) is 17.7 Å². The van der Waals surface area contributed by atoms with Crippen LogP contribution in [0.4, 0.5) is 5.69 Å². The van der Waals surface area contributed by atoms with E-state index >= 15 is 0 Å². The molecule has 5 heteroatoms. The third-order valence-electron chi connectivity index (χ3n) is 4.87. The van der Waals surface area contributed by atoms with Crippen LogP contribution in [0.2, 0.25) is 0 Å². The van der Waals surface area contributed by atoms with Gasteiger partial charge in [-0.3, -0.25) is 9.59 Å². The van der Waals surface area contributed by atoms with Gasteiger partial charge in [-0.05, 0) is 43.7 Å². The van der Waals surface area contributed by atoms with Crippen molar-refractivity contribution in [2.45, 2.75) is 44.6 Å². The van der Waals surface area contributed by atoms with Crippen LogP contribution in [0.25, 0.3) is 0 Å². The summed E-state index contributed by atoms with van der Waals surface area (Å²) in [7, 11) is 0. The van der Waals surface area contributed by atoms with Gasteiger partial charge in [0.15, 0.2) is 0 Å². The molecule has 0 aromatic heterocycles. The van der Waals surface area contributed by atoms with Gasteiger partial charge >= 0.3 is 0 Å². The summed E-state index contributed by atoms with van der Waals surface area (Å²) in [6, 6.07) is 8.01. The molecule has 2 atom stereocenters. The summed E-state index contributed by atoms with van der Waals surface area (Å²) in [5, 5.41) is 12.6. The van der Waals surface area contributed by atoms with Gasteiger partial charge in [-0.2, -0.15) is 0 Å². The molecule has 0 radical (unpaired) electrons. The van der Waals surface area contributed by atoms with Gasteiger partial charge in [0.05, 0.1) is 12.0 Å². The zero-order chi connectivity index (χ0) is 16.2. The van der Waals surface area contributed by atoms with Crippen LogP contribution in [0.5, 0.6) is 0 Å². The van der Waals surface area contributed by atoms with E-state index in [2.05, 4.69) is 11.4 Å². The lowest BCUT2D eigenvalue weighted by Crippen LogP contribution is -2.36. The zero-order valence-electron chi connectivity index (χ0n) is 13.3. The number of rotatable bonds is 5. The number of amides is 2. The molecular weight excluding hydrogens is 292 g/mol. The summed E-state index contributed by atoms with van der Waals surface area (Å²) in [5.41, 5.74) is 2.25.